The molecule has 0 amide bonds. The van der Waals surface area contributed by atoms with E-state index in [1.165, 1.54) is 19.3 Å². The summed E-state index contributed by atoms with van der Waals surface area (Å²) in [6.45, 7) is 15.2. The molecule has 3 rings (SSSR count). The number of hydrogen-bond donors (Lipinski definition) is 0. The van der Waals surface area contributed by atoms with Crippen LogP contribution in [-0.2, 0) is 13.3 Å². The molecule has 0 saturated heterocycles. The first-order valence-electron chi connectivity index (χ1n) is 7.76. The van der Waals surface area contributed by atoms with Crippen molar-refractivity contribution in [2.24, 2.45) is 16.7 Å². The van der Waals surface area contributed by atoms with Crippen LogP contribution in [0.15, 0.2) is 0 Å². The van der Waals surface area contributed by atoms with E-state index >= 15 is 0 Å². The Hall–Kier alpha value is 0.0969. The van der Waals surface area contributed by atoms with Gasteiger partial charge < -0.3 is 13.3 Å². The van der Waals surface area contributed by atoms with E-state index in [0.29, 0.717) is 25.2 Å². The molecule has 4 heteroatoms. The Balaban J connectivity index is 0.000000190. The fraction of sp³-hybridized carbons (Fsp3) is 1.00. The van der Waals surface area contributed by atoms with Gasteiger partial charge in [-0.05, 0) is 56.8 Å². The van der Waals surface area contributed by atoms with Gasteiger partial charge in [-0.25, -0.2) is 0 Å². The normalized spacial score (nSPS) is 30.8. The lowest BCUT2D eigenvalue weighted by molar-refractivity contribution is -0.0393. The van der Waals surface area contributed by atoms with E-state index in [2.05, 4.69) is 20.8 Å². The van der Waals surface area contributed by atoms with Crippen LogP contribution in [0.25, 0.3) is 0 Å². The summed E-state index contributed by atoms with van der Waals surface area (Å²) in [6, 6.07) is 0. The van der Waals surface area contributed by atoms with Crippen LogP contribution in [0, 0.1) is 16.7 Å². The molecule has 3 saturated carbocycles. The zero-order valence-electron chi connectivity index (χ0n) is 13.6. The number of fused-ring (bicyclic) bond motifs is 1. The van der Waals surface area contributed by atoms with E-state index in [9.17, 15) is 0 Å². The predicted molar refractivity (Wildman–Crippen MR) is 81.3 cm³/mol. The average molecular weight is 289 g/mol. The lowest BCUT2D eigenvalue weighted by Gasteiger charge is -2.53. The van der Waals surface area contributed by atoms with Crippen molar-refractivity contribution in [1.29, 1.82) is 0 Å². The second-order valence-corrected chi connectivity index (χ2v) is 7.95. The van der Waals surface area contributed by atoms with Crippen molar-refractivity contribution in [3.8, 4) is 0 Å². The van der Waals surface area contributed by atoms with Crippen LogP contribution < -0.4 is 0 Å². The Morgan fingerprint density at radius 2 is 1.42 bits per heavy atom. The molecular formula is C15H32O3Si. The zero-order chi connectivity index (χ0) is 14.5. The lowest BCUT2D eigenvalue weighted by atomic mass is 9.52. The summed E-state index contributed by atoms with van der Waals surface area (Å²) < 4.78 is 15.7. The molecule has 0 radical (unpaired) electrons. The molecular weight excluding hydrogens is 256 g/mol. The third-order valence-electron chi connectivity index (χ3n) is 5.23. The molecule has 0 aromatic rings. The molecule has 3 fully saturated rings. The average Bonchev–Trinajstić information content (AvgIpc) is 2.86. The molecule has 0 spiro atoms. The van der Waals surface area contributed by atoms with Gasteiger partial charge in [-0.15, -0.1) is 0 Å². The van der Waals surface area contributed by atoms with E-state index in [1.807, 2.05) is 20.8 Å². The Bertz CT molecular complexity index is 249. The first kappa shape index (κ1) is 17.1. The molecule has 3 aliphatic rings. The van der Waals surface area contributed by atoms with Gasteiger partial charge in [0.1, 0.15) is 0 Å². The standard InChI is InChI=1S/C9H16.C6H16O3Si/c1-8(2)7-4-5-9(8,3)6-7;1-4-7-10(8-5-2)9-6-3/h7H,4-6H2,1-3H3;10H,4-6H2,1-3H3. The van der Waals surface area contributed by atoms with Gasteiger partial charge in [0, 0.05) is 19.8 Å². The molecule has 2 unspecified atom stereocenters. The van der Waals surface area contributed by atoms with Crippen LogP contribution in [0.1, 0.15) is 60.8 Å². The summed E-state index contributed by atoms with van der Waals surface area (Å²) in [5.74, 6) is 1.07. The maximum absolute atomic E-state index is 5.22. The Morgan fingerprint density at radius 1 is 0.947 bits per heavy atom. The third kappa shape index (κ3) is 3.81. The van der Waals surface area contributed by atoms with E-state index in [-0.39, 0.29) is 0 Å². The minimum atomic E-state index is -1.73. The van der Waals surface area contributed by atoms with Crippen molar-refractivity contribution in [3.05, 3.63) is 0 Å². The SMILES string of the molecule is CC12CCC(C1)C2(C)C.CCO[SiH](OCC)OCC. The lowest BCUT2D eigenvalue weighted by Crippen LogP contribution is -2.45. The summed E-state index contributed by atoms with van der Waals surface area (Å²) in [5, 5.41) is 0. The van der Waals surface area contributed by atoms with Crippen LogP contribution in [0.2, 0.25) is 0 Å². The second-order valence-electron chi connectivity index (χ2n) is 6.38. The van der Waals surface area contributed by atoms with Gasteiger partial charge in [-0.3, -0.25) is 0 Å². The maximum Gasteiger partial charge on any atom is 0.484 e. The van der Waals surface area contributed by atoms with Gasteiger partial charge in [0.25, 0.3) is 0 Å². The Labute approximate surface area is 121 Å². The van der Waals surface area contributed by atoms with Crippen LogP contribution in [-0.4, -0.2) is 29.3 Å². The van der Waals surface area contributed by atoms with Gasteiger partial charge in [0.05, 0.1) is 0 Å². The molecule has 3 nitrogen and oxygen atoms in total. The van der Waals surface area contributed by atoms with Crippen LogP contribution in [0.4, 0.5) is 0 Å². The van der Waals surface area contributed by atoms with Crippen molar-refractivity contribution in [2.45, 2.75) is 60.8 Å². The van der Waals surface area contributed by atoms with Gasteiger partial charge in [0.2, 0.25) is 0 Å². The highest BCUT2D eigenvalue weighted by molar-refractivity contribution is 6.36. The largest absolute Gasteiger partial charge is 0.484 e. The first-order valence-corrected chi connectivity index (χ1v) is 9.17. The third-order valence-corrected chi connectivity index (χ3v) is 7.04. The number of rotatable bonds is 6. The zero-order valence-corrected chi connectivity index (χ0v) is 14.8. The summed E-state index contributed by atoms with van der Waals surface area (Å²) >= 11 is 0. The van der Waals surface area contributed by atoms with Gasteiger partial charge >= 0.3 is 9.53 Å². The molecule has 0 aromatic heterocycles. The van der Waals surface area contributed by atoms with Gasteiger partial charge in [-0.1, -0.05) is 20.8 Å². The monoisotopic (exact) mass is 288 g/mol. The minimum absolute atomic E-state index is 0.677. The smallest absolute Gasteiger partial charge is 0.376 e. The fourth-order valence-corrected chi connectivity index (χ4v) is 4.46. The highest BCUT2D eigenvalue weighted by atomic mass is 28.3. The summed E-state index contributed by atoms with van der Waals surface area (Å²) in [7, 11) is -1.73. The van der Waals surface area contributed by atoms with Crippen molar-refractivity contribution in [2.75, 3.05) is 19.8 Å². The fourth-order valence-electron chi connectivity index (χ4n) is 3.36. The molecule has 2 bridgehead atoms. The van der Waals surface area contributed by atoms with Crippen molar-refractivity contribution in [1.82, 2.24) is 0 Å². The molecule has 0 aliphatic heterocycles. The molecule has 0 aromatic carbocycles. The van der Waals surface area contributed by atoms with E-state index in [4.69, 9.17) is 13.3 Å². The molecule has 0 N–H and O–H groups in total. The van der Waals surface area contributed by atoms with Gasteiger partial charge in [0.15, 0.2) is 0 Å². The van der Waals surface area contributed by atoms with Crippen molar-refractivity contribution in [3.63, 3.8) is 0 Å². The second kappa shape index (κ2) is 7.20. The molecule has 3 aliphatic carbocycles. The topological polar surface area (TPSA) is 27.7 Å². The van der Waals surface area contributed by atoms with E-state index in [1.54, 1.807) is 0 Å². The molecule has 114 valence electrons. The highest BCUT2D eigenvalue weighted by Gasteiger charge is 2.61. The number of hydrogen-bond acceptors (Lipinski definition) is 3. The van der Waals surface area contributed by atoms with Crippen LogP contribution >= 0.6 is 0 Å². The van der Waals surface area contributed by atoms with Crippen LogP contribution in [0.5, 0.6) is 0 Å². The maximum atomic E-state index is 5.22. The summed E-state index contributed by atoms with van der Waals surface area (Å²) in [6.07, 6.45) is 4.51. The minimum Gasteiger partial charge on any atom is -0.376 e. The van der Waals surface area contributed by atoms with Crippen LogP contribution in [0.3, 0.4) is 0 Å². The molecule has 19 heavy (non-hydrogen) atoms. The summed E-state index contributed by atoms with van der Waals surface area (Å²) in [5.41, 5.74) is 1.42. The highest BCUT2D eigenvalue weighted by Crippen LogP contribution is 2.70. The van der Waals surface area contributed by atoms with Crippen molar-refractivity contribution >= 4 is 9.53 Å². The van der Waals surface area contributed by atoms with Crippen molar-refractivity contribution < 1.29 is 13.3 Å². The molecule has 0 heterocycles. The quantitative estimate of drug-likeness (QED) is 0.698. The molecule has 2 atom stereocenters. The summed E-state index contributed by atoms with van der Waals surface area (Å²) in [4.78, 5) is 0. The predicted octanol–water partition coefficient (Wildman–Crippen LogP) is 3.65. The van der Waals surface area contributed by atoms with E-state index < -0.39 is 9.53 Å². The first-order chi connectivity index (χ1) is 8.91. The Morgan fingerprint density at radius 3 is 1.58 bits per heavy atom. The Kier molecular flexibility index (Phi) is 6.50. The van der Waals surface area contributed by atoms with E-state index in [0.717, 1.165) is 11.3 Å². The van der Waals surface area contributed by atoms with Gasteiger partial charge in [-0.2, -0.15) is 0 Å².